The number of nitrogens with zero attached hydrogens (tertiary/aromatic N) is 3. The van der Waals surface area contributed by atoms with Crippen molar-refractivity contribution in [3.8, 4) is 11.3 Å². The highest BCUT2D eigenvalue weighted by molar-refractivity contribution is 5.59. The van der Waals surface area contributed by atoms with Crippen LogP contribution in [0.5, 0.6) is 0 Å². The van der Waals surface area contributed by atoms with Crippen LogP contribution in [0.4, 0.5) is 13.2 Å². The highest BCUT2D eigenvalue weighted by Gasteiger charge is 2.30. The van der Waals surface area contributed by atoms with Gasteiger partial charge in [0, 0.05) is 5.56 Å². The van der Waals surface area contributed by atoms with E-state index in [1.165, 1.54) is 18.3 Å². The van der Waals surface area contributed by atoms with Crippen LogP contribution in [-0.4, -0.2) is 15.2 Å². The third-order valence-corrected chi connectivity index (χ3v) is 2.47. The van der Waals surface area contributed by atoms with Gasteiger partial charge in [-0.2, -0.15) is 18.3 Å². The van der Waals surface area contributed by atoms with Gasteiger partial charge in [-0.3, -0.25) is 0 Å². The van der Waals surface area contributed by atoms with E-state index in [4.69, 9.17) is 5.73 Å². The fourth-order valence-corrected chi connectivity index (χ4v) is 1.50. The van der Waals surface area contributed by atoms with Gasteiger partial charge in [0.25, 0.3) is 0 Å². The molecule has 0 amide bonds. The predicted molar refractivity (Wildman–Crippen MR) is 62.9 cm³/mol. The second kappa shape index (κ2) is 4.93. The predicted octanol–water partition coefficient (Wildman–Crippen LogP) is 2.58. The van der Waals surface area contributed by atoms with Gasteiger partial charge < -0.3 is 5.73 Å². The van der Waals surface area contributed by atoms with Gasteiger partial charge in [-0.15, -0.1) is 5.10 Å². The molecule has 0 saturated carbocycles. The lowest BCUT2D eigenvalue weighted by Gasteiger charge is -2.09. The number of alkyl halides is 3. The number of benzene rings is 1. The molecule has 2 rings (SSSR count). The molecular formula is C12H11F3N4. The summed E-state index contributed by atoms with van der Waals surface area (Å²) in [5, 5.41) is 7.43. The van der Waals surface area contributed by atoms with Gasteiger partial charge in [0.05, 0.1) is 23.5 Å². The standard InChI is InChI=1S/C12H11F3N4/c1-7(16)11-18-10(6-17-19-11)8-3-2-4-9(5-8)12(13,14)15/h2-7H,16H2,1H3. The van der Waals surface area contributed by atoms with Crippen LogP contribution in [0.3, 0.4) is 0 Å². The Bertz CT molecular complexity index is 581. The summed E-state index contributed by atoms with van der Waals surface area (Å²) in [4.78, 5) is 4.10. The normalized spacial score (nSPS) is 13.3. The molecule has 19 heavy (non-hydrogen) atoms. The van der Waals surface area contributed by atoms with Crippen molar-refractivity contribution in [1.82, 2.24) is 15.2 Å². The zero-order valence-corrected chi connectivity index (χ0v) is 10.0. The number of rotatable bonds is 2. The summed E-state index contributed by atoms with van der Waals surface area (Å²) in [5.41, 5.74) is 5.52. The highest BCUT2D eigenvalue weighted by atomic mass is 19.4. The molecular weight excluding hydrogens is 257 g/mol. The van der Waals surface area contributed by atoms with Crippen molar-refractivity contribution in [3.63, 3.8) is 0 Å². The van der Waals surface area contributed by atoms with E-state index < -0.39 is 17.8 Å². The van der Waals surface area contributed by atoms with E-state index in [-0.39, 0.29) is 5.82 Å². The van der Waals surface area contributed by atoms with Gasteiger partial charge in [0.2, 0.25) is 0 Å². The van der Waals surface area contributed by atoms with E-state index >= 15 is 0 Å². The first-order chi connectivity index (χ1) is 8.88. The Hall–Kier alpha value is -2.02. The minimum Gasteiger partial charge on any atom is -0.321 e. The molecule has 100 valence electrons. The largest absolute Gasteiger partial charge is 0.416 e. The molecule has 2 aromatic rings. The molecule has 0 saturated heterocycles. The Kier molecular flexibility index (Phi) is 3.48. The fraction of sp³-hybridized carbons (Fsp3) is 0.250. The Morgan fingerprint density at radius 1 is 1.26 bits per heavy atom. The highest BCUT2D eigenvalue weighted by Crippen LogP contribution is 2.31. The minimum absolute atomic E-state index is 0.287. The molecule has 0 fully saturated rings. The van der Waals surface area contributed by atoms with Gasteiger partial charge in [-0.25, -0.2) is 4.98 Å². The maximum atomic E-state index is 12.6. The van der Waals surface area contributed by atoms with Crippen molar-refractivity contribution in [3.05, 3.63) is 41.9 Å². The van der Waals surface area contributed by atoms with Crippen molar-refractivity contribution >= 4 is 0 Å². The summed E-state index contributed by atoms with van der Waals surface area (Å²) < 4.78 is 37.9. The quantitative estimate of drug-likeness (QED) is 0.909. The molecule has 0 spiro atoms. The Balaban J connectivity index is 2.45. The minimum atomic E-state index is -4.39. The molecule has 0 aliphatic rings. The third kappa shape index (κ3) is 3.05. The SMILES string of the molecule is CC(N)c1nncc(-c2cccc(C(F)(F)F)c2)n1. The van der Waals surface area contributed by atoms with E-state index in [0.717, 1.165) is 12.1 Å². The summed E-state index contributed by atoms with van der Waals surface area (Å²) in [6.45, 7) is 1.67. The maximum Gasteiger partial charge on any atom is 0.416 e. The molecule has 1 atom stereocenters. The van der Waals surface area contributed by atoms with Gasteiger partial charge in [0.1, 0.15) is 0 Å². The second-order valence-corrected chi connectivity index (χ2v) is 4.07. The lowest BCUT2D eigenvalue weighted by Crippen LogP contribution is -2.11. The first-order valence-electron chi connectivity index (χ1n) is 5.51. The molecule has 1 heterocycles. The average Bonchev–Trinajstić information content (AvgIpc) is 2.38. The molecule has 1 aromatic heterocycles. The summed E-state index contributed by atoms with van der Waals surface area (Å²) in [6, 6.07) is 4.45. The molecule has 0 radical (unpaired) electrons. The number of aromatic nitrogens is 3. The number of hydrogen-bond donors (Lipinski definition) is 1. The monoisotopic (exact) mass is 268 g/mol. The number of halogens is 3. The lowest BCUT2D eigenvalue weighted by atomic mass is 10.1. The van der Waals surface area contributed by atoms with Crippen LogP contribution in [0.2, 0.25) is 0 Å². The number of hydrogen-bond acceptors (Lipinski definition) is 4. The fourth-order valence-electron chi connectivity index (χ4n) is 1.50. The van der Waals surface area contributed by atoms with Crippen LogP contribution in [-0.2, 0) is 6.18 Å². The zero-order chi connectivity index (χ0) is 14.0. The Morgan fingerprint density at radius 3 is 2.63 bits per heavy atom. The molecule has 0 aliphatic carbocycles. The van der Waals surface area contributed by atoms with E-state index in [1.807, 2.05) is 0 Å². The number of nitrogens with two attached hydrogens (primary N) is 1. The molecule has 4 nitrogen and oxygen atoms in total. The van der Waals surface area contributed by atoms with E-state index in [0.29, 0.717) is 11.3 Å². The summed E-state index contributed by atoms with van der Waals surface area (Å²) in [6.07, 6.45) is -3.08. The van der Waals surface area contributed by atoms with Crippen molar-refractivity contribution in [2.24, 2.45) is 5.73 Å². The topological polar surface area (TPSA) is 64.7 Å². The molecule has 1 unspecified atom stereocenters. The molecule has 0 aliphatic heterocycles. The van der Waals surface area contributed by atoms with Crippen LogP contribution in [0.15, 0.2) is 30.5 Å². The van der Waals surface area contributed by atoms with Crippen molar-refractivity contribution in [2.45, 2.75) is 19.1 Å². The maximum absolute atomic E-state index is 12.6. The summed E-state index contributed by atoms with van der Waals surface area (Å²) >= 11 is 0. The zero-order valence-electron chi connectivity index (χ0n) is 10.0. The van der Waals surface area contributed by atoms with Gasteiger partial charge >= 0.3 is 6.18 Å². The summed E-state index contributed by atoms with van der Waals surface area (Å²) in [7, 11) is 0. The van der Waals surface area contributed by atoms with E-state index in [1.54, 1.807) is 6.92 Å². The van der Waals surface area contributed by atoms with Gasteiger partial charge in [0.15, 0.2) is 5.82 Å². The average molecular weight is 268 g/mol. The molecule has 1 aromatic carbocycles. The Morgan fingerprint density at radius 2 is 2.00 bits per heavy atom. The first-order valence-corrected chi connectivity index (χ1v) is 5.51. The smallest absolute Gasteiger partial charge is 0.321 e. The van der Waals surface area contributed by atoms with Crippen molar-refractivity contribution in [2.75, 3.05) is 0 Å². The van der Waals surface area contributed by atoms with Gasteiger partial charge in [-0.1, -0.05) is 12.1 Å². The van der Waals surface area contributed by atoms with Crippen LogP contribution in [0.25, 0.3) is 11.3 Å². The molecule has 0 bridgehead atoms. The lowest BCUT2D eigenvalue weighted by molar-refractivity contribution is -0.137. The van der Waals surface area contributed by atoms with Gasteiger partial charge in [-0.05, 0) is 19.1 Å². The van der Waals surface area contributed by atoms with E-state index in [2.05, 4.69) is 15.2 Å². The van der Waals surface area contributed by atoms with E-state index in [9.17, 15) is 13.2 Å². The summed E-state index contributed by atoms with van der Waals surface area (Å²) in [5.74, 6) is 0.287. The second-order valence-electron chi connectivity index (χ2n) is 4.07. The van der Waals surface area contributed by atoms with Crippen molar-refractivity contribution < 1.29 is 13.2 Å². The Labute approximate surface area is 107 Å². The third-order valence-electron chi connectivity index (χ3n) is 2.47. The molecule has 7 heteroatoms. The van der Waals surface area contributed by atoms with Crippen LogP contribution in [0.1, 0.15) is 24.4 Å². The molecule has 2 N–H and O–H groups in total. The van der Waals surface area contributed by atoms with Crippen LogP contribution in [0, 0.1) is 0 Å². The first kappa shape index (κ1) is 13.4. The van der Waals surface area contributed by atoms with Crippen LogP contribution < -0.4 is 5.73 Å². The van der Waals surface area contributed by atoms with Crippen LogP contribution >= 0.6 is 0 Å². The van der Waals surface area contributed by atoms with Crippen molar-refractivity contribution in [1.29, 1.82) is 0 Å².